The molecule has 0 atom stereocenters. The second kappa shape index (κ2) is 6.94. The van der Waals surface area contributed by atoms with Crippen molar-refractivity contribution in [2.24, 2.45) is 5.92 Å². The van der Waals surface area contributed by atoms with Crippen molar-refractivity contribution in [1.29, 1.82) is 0 Å². The Morgan fingerprint density at radius 2 is 1.86 bits per heavy atom. The maximum absolute atomic E-state index is 12.3. The highest BCUT2D eigenvalue weighted by molar-refractivity contribution is 5.96. The van der Waals surface area contributed by atoms with Crippen LogP contribution in [0, 0.1) is 5.92 Å². The average Bonchev–Trinajstić information content (AvgIpc) is 2.92. The van der Waals surface area contributed by atoms with Crippen LogP contribution in [0.25, 0.3) is 0 Å². The zero-order chi connectivity index (χ0) is 16.3. The number of likely N-dealkylation sites (tertiary alicyclic amines) is 1. The third-order valence-electron chi connectivity index (χ3n) is 4.67. The molecule has 1 heterocycles. The first-order valence-corrected chi connectivity index (χ1v) is 7.84. The molecule has 6 heteroatoms. The molecule has 0 bridgehead atoms. The van der Waals surface area contributed by atoms with Crippen molar-refractivity contribution < 1.29 is 19.5 Å². The van der Waals surface area contributed by atoms with E-state index >= 15 is 0 Å². The van der Waals surface area contributed by atoms with Gasteiger partial charge in [0.1, 0.15) is 0 Å². The highest BCUT2D eigenvalue weighted by Gasteiger charge is 2.28. The van der Waals surface area contributed by atoms with E-state index < -0.39 is 5.97 Å². The molecule has 0 radical (unpaired) electrons. The second-order valence-corrected chi connectivity index (χ2v) is 6.27. The number of carbonyl (C=O) groups excluding carboxylic acids is 2. The standard InChI is InChI=1S/C16H24N2O4/c1-11-4-3-5-13(11)15(20)17(2)10-14(19)18-8-6-12(7-9-18)16(21)22/h12H,3-10H2,1-2H3,(H,21,22). The fourth-order valence-corrected chi connectivity index (χ4v) is 3.17. The van der Waals surface area contributed by atoms with Crippen molar-refractivity contribution in [2.45, 2.75) is 39.0 Å². The van der Waals surface area contributed by atoms with Gasteiger partial charge in [-0.25, -0.2) is 0 Å². The Bertz CT molecular complexity index is 504. The summed E-state index contributed by atoms with van der Waals surface area (Å²) < 4.78 is 0. The Morgan fingerprint density at radius 1 is 1.23 bits per heavy atom. The van der Waals surface area contributed by atoms with E-state index in [9.17, 15) is 14.4 Å². The summed E-state index contributed by atoms with van der Waals surface area (Å²) in [5.74, 6) is -1.29. The van der Waals surface area contributed by atoms with Crippen LogP contribution in [0.4, 0.5) is 0 Å². The van der Waals surface area contributed by atoms with E-state index in [-0.39, 0.29) is 24.3 Å². The van der Waals surface area contributed by atoms with E-state index in [2.05, 4.69) is 0 Å². The summed E-state index contributed by atoms with van der Waals surface area (Å²) in [4.78, 5) is 38.7. The first kappa shape index (κ1) is 16.5. The third-order valence-corrected chi connectivity index (χ3v) is 4.67. The summed E-state index contributed by atoms with van der Waals surface area (Å²) >= 11 is 0. The normalized spacial score (nSPS) is 19.5. The number of hydrogen-bond acceptors (Lipinski definition) is 3. The number of carboxylic acids is 1. The molecule has 2 amide bonds. The summed E-state index contributed by atoms with van der Waals surface area (Å²) in [5, 5.41) is 8.97. The van der Waals surface area contributed by atoms with E-state index in [1.54, 1.807) is 11.9 Å². The Labute approximate surface area is 130 Å². The van der Waals surface area contributed by atoms with E-state index in [1.807, 2.05) is 6.92 Å². The molecule has 2 rings (SSSR count). The van der Waals surface area contributed by atoms with E-state index in [1.165, 1.54) is 4.90 Å². The number of piperidine rings is 1. The molecular formula is C16H24N2O4. The minimum absolute atomic E-state index is 0.0521. The van der Waals surface area contributed by atoms with Crippen LogP contribution in [0.5, 0.6) is 0 Å². The largest absolute Gasteiger partial charge is 0.481 e. The van der Waals surface area contributed by atoms with Gasteiger partial charge in [0.15, 0.2) is 0 Å². The Morgan fingerprint density at radius 3 is 2.36 bits per heavy atom. The molecule has 0 aromatic rings. The molecule has 1 N–H and O–H groups in total. The number of nitrogens with zero attached hydrogens (tertiary/aromatic N) is 2. The molecule has 1 aliphatic heterocycles. The zero-order valence-electron chi connectivity index (χ0n) is 13.3. The van der Waals surface area contributed by atoms with E-state index in [0.717, 1.165) is 30.4 Å². The molecule has 1 aliphatic carbocycles. The number of carboxylic acid groups (broad SMARTS) is 1. The molecule has 0 aromatic heterocycles. The fraction of sp³-hybridized carbons (Fsp3) is 0.688. The van der Waals surface area contributed by atoms with Gasteiger partial charge < -0.3 is 14.9 Å². The highest BCUT2D eigenvalue weighted by Crippen LogP contribution is 2.26. The van der Waals surface area contributed by atoms with Crippen LogP contribution >= 0.6 is 0 Å². The zero-order valence-corrected chi connectivity index (χ0v) is 13.3. The van der Waals surface area contributed by atoms with Gasteiger partial charge in [-0.2, -0.15) is 0 Å². The molecule has 122 valence electrons. The van der Waals surface area contributed by atoms with Crippen LogP contribution in [0.3, 0.4) is 0 Å². The highest BCUT2D eigenvalue weighted by atomic mass is 16.4. The molecule has 2 aliphatic rings. The minimum atomic E-state index is -0.789. The van der Waals surface area contributed by atoms with Crippen molar-refractivity contribution in [2.75, 3.05) is 26.7 Å². The van der Waals surface area contributed by atoms with Gasteiger partial charge >= 0.3 is 5.97 Å². The molecule has 0 aromatic carbocycles. The van der Waals surface area contributed by atoms with Crippen LogP contribution in [0.2, 0.25) is 0 Å². The summed E-state index contributed by atoms with van der Waals surface area (Å²) in [6.07, 6.45) is 3.75. The molecule has 1 saturated heterocycles. The molecular weight excluding hydrogens is 284 g/mol. The number of carbonyl (C=O) groups is 3. The van der Waals surface area contributed by atoms with Crippen LogP contribution in [0.15, 0.2) is 11.1 Å². The number of rotatable bonds is 4. The van der Waals surface area contributed by atoms with Gasteiger partial charge in [-0.1, -0.05) is 5.57 Å². The molecule has 0 unspecified atom stereocenters. The molecule has 0 saturated carbocycles. The first-order valence-electron chi connectivity index (χ1n) is 7.84. The van der Waals surface area contributed by atoms with Gasteiger partial charge in [0.2, 0.25) is 11.8 Å². The molecule has 1 fully saturated rings. The predicted octanol–water partition coefficient (Wildman–Crippen LogP) is 1.27. The second-order valence-electron chi connectivity index (χ2n) is 6.27. The number of likely N-dealkylation sites (N-methyl/N-ethyl adjacent to an activating group) is 1. The quantitative estimate of drug-likeness (QED) is 0.848. The van der Waals surface area contributed by atoms with Crippen LogP contribution in [-0.2, 0) is 14.4 Å². The lowest BCUT2D eigenvalue weighted by Crippen LogP contribution is -2.45. The monoisotopic (exact) mass is 308 g/mol. The van der Waals surface area contributed by atoms with Crippen molar-refractivity contribution >= 4 is 17.8 Å². The molecule has 6 nitrogen and oxygen atoms in total. The molecule has 0 spiro atoms. The molecule has 22 heavy (non-hydrogen) atoms. The average molecular weight is 308 g/mol. The first-order chi connectivity index (χ1) is 10.4. The lowest BCUT2D eigenvalue weighted by Gasteiger charge is -2.31. The third kappa shape index (κ3) is 3.67. The van der Waals surface area contributed by atoms with Crippen molar-refractivity contribution in [1.82, 2.24) is 9.80 Å². The van der Waals surface area contributed by atoms with Crippen LogP contribution in [0.1, 0.15) is 39.0 Å². The lowest BCUT2D eigenvalue weighted by molar-refractivity contribution is -0.146. The van der Waals surface area contributed by atoms with E-state index in [0.29, 0.717) is 25.9 Å². The Hall–Kier alpha value is -1.85. The number of amides is 2. The minimum Gasteiger partial charge on any atom is -0.481 e. The van der Waals surface area contributed by atoms with E-state index in [4.69, 9.17) is 5.11 Å². The van der Waals surface area contributed by atoms with Crippen LogP contribution < -0.4 is 0 Å². The fourth-order valence-electron chi connectivity index (χ4n) is 3.17. The van der Waals surface area contributed by atoms with Gasteiger partial charge in [0, 0.05) is 25.7 Å². The van der Waals surface area contributed by atoms with Gasteiger partial charge in [-0.05, 0) is 39.0 Å². The summed E-state index contributed by atoms with van der Waals surface area (Å²) in [6, 6.07) is 0. The summed E-state index contributed by atoms with van der Waals surface area (Å²) in [5.41, 5.74) is 1.98. The van der Waals surface area contributed by atoms with Crippen molar-refractivity contribution in [3.8, 4) is 0 Å². The Kier molecular flexibility index (Phi) is 5.21. The van der Waals surface area contributed by atoms with Gasteiger partial charge in [-0.3, -0.25) is 14.4 Å². The smallest absolute Gasteiger partial charge is 0.306 e. The van der Waals surface area contributed by atoms with Gasteiger partial charge in [0.25, 0.3) is 0 Å². The van der Waals surface area contributed by atoms with Gasteiger partial charge in [-0.15, -0.1) is 0 Å². The maximum atomic E-state index is 12.3. The summed E-state index contributed by atoms with van der Waals surface area (Å²) in [7, 11) is 1.66. The summed E-state index contributed by atoms with van der Waals surface area (Å²) in [6.45, 7) is 2.96. The predicted molar refractivity (Wildman–Crippen MR) is 81.1 cm³/mol. The van der Waals surface area contributed by atoms with Crippen molar-refractivity contribution in [3.05, 3.63) is 11.1 Å². The Balaban J connectivity index is 1.86. The number of hydrogen-bond donors (Lipinski definition) is 1. The topological polar surface area (TPSA) is 77.9 Å². The number of allylic oxidation sites excluding steroid dienone is 1. The van der Waals surface area contributed by atoms with Crippen LogP contribution in [-0.4, -0.2) is 59.4 Å². The lowest BCUT2D eigenvalue weighted by atomic mass is 9.97. The maximum Gasteiger partial charge on any atom is 0.306 e. The van der Waals surface area contributed by atoms with Crippen molar-refractivity contribution in [3.63, 3.8) is 0 Å². The van der Waals surface area contributed by atoms with Gasteiger partial charge in [0.05, 0.1) is 12.5 Å². The number of aliphatic carboxylic acids is 1. The SMILES string of the molecule is CC1=C(C(=O)N(C)CC(=O)N2CCC(C(=O)O)CC2)CCC1.